The molecule has 2 rings (SSSR count). The molecule has 0 aliphatic carbocycles. The van der Waals surface area contributed by atoms with Crippen molar-refractivity contribution in [3.8, 4) is 11.3 Å². The van der Waals surface area contributed by atoms with Gasteiger partial charge in [0, 0.05) is 11.6 Å². The molecule has 2 aromatic rings. The predicted octanol–water partition coefficient (Wildman–Crippen LogP) is 3.83. The lowest BCUT2D eigenvalue weighted by Crippen LogP contribution is -2.02. The maximum absolute atomic E-state index is 11.4. The Hall–Kier alpha value is -1.52. The highest BCUT2D eigenvalue weighted by Crippen LogP contribution is 2.32. The summed E-state index contributed by atoms with van der Waals surface area (Å²) >= 11 is 11.9. The molecule has 0 saturated heterocycles. The number of ether oxygens (including phenoxy) is 1. The first kappa shape index (κ1) is 12.9. The second-order valence-electron chi connectivity index (χ2n) is 3.40. The van der Waals surface area contributed by atoms with E-state index in [1.807, 2.05) is 0 Å². The van der Waals surface area contributed by atoms with E-state index in [2.05, 4.69) is 5.16 Å². The molecule has 1 aromatic heterocycles. The first-order valence-corrected chi connectivity index (χ1v) is 5.97. The van der Waals surface area contributed by atoms with Gasteiger partial charge in [0.25, 0.3) is 0 Å². The number of carbonyl (C=O) groups excluding carboxylic acids is 1. The van der Waals surface area contributed by atoms with Gasteiger partial charge in [0.15, 0.2) is 0 Å². The number of esters is 1. The van der Waals surface area contributed by atoms with Crippen molar-refractivity contribution < 1.29 is 14.1 Å². The van der Waals surface area contributed by atoms with Gasteiger partial charge in [0.05, 0.1) is 16.7 Å². The molecule has 1 aromatic carbocycles. The minimum absolute atomic E-state index is 0.0305. The van der Waals surface area contributed by atoms with Crippen molar-refractivity contribution in [2.75, 3.05) is 6.61 Å². The van der Waals surface area contributed by atoms with Crippen molar-refractivity contribution in [2.45, 2.75) is 6.92 Å². The monoisotopic (exact) mass is 285 g/mol. The second kappa shape index (κ2) is 5.42. The topological polar surface area (TPSA) is 52.3 Å². The van der Waals surface area contributed by atoms with Gasteiger partial charge in [0.1, 0.15) is 5.69 Å². The molecule has 0 bridgehead atoms. The van der Waals surface area contributed by atoms with Crippen molar-refractivity contribution in [2.24, 2.45) is 0 Å². The maximum Gasteiger partial charge on any atom is 0.377 e. The fourth-order valence-corrected chi connectivity index (χ4v) is 1.80. The molecule has 1 heterocycles. The van der Waals surface area contributed by atoms with Crippen LogP contribution < -0.4 is 0 Å². The van der Waals surface area contributed by atoms with Crippen molar-refractivity contribution in [1.29, 1.82) is 0 Å². The van der Waals surface area contributed by atoms with Crippen LogP contribution in [0.5, 0.6) is 0 Å². The third-order valence-electron chi connectivity index (χ3n) is 2.21. The van der Waals surface area contributed by atoms with Crippen LogP contribution in [0.1, 0.15) is 17.5 Å². The molecular weight excluding hydrogens is 277 g/mol. The zero-order chi connectivity index (χ0) is 13.1. The van der Waals surface area contributed by atoms with Crippen LogP contribution in [0.3, 0.4) is 0 Å². The van der Waals surface area contributed by atoms with E-state index in [9.17, 15) is 4.79 Å². The molecule has 0 unspecified atom stereocenters. The van der Waals surface area contributed by atoms with Gasteiger partial charge in [-0.15, -0.1) is 0 Å². The summed E-state index contributed by atoms with van der Waals surface area (Å²) in [5, 5.41) is 4.55. The van der Waals surface area contributed by atoms with Gasteiger partial charge < -0.3 is 9.26 Å². The number of rotatable bonds is 3. The molecule has 18 heavy (non-hydrogen) atoms. The van der Waals surface area contributed by atoms with Crippen LogP contribution in [0.15, 0.2) is 28.8 Å². The predicted molar refractivity (Wildman–Crippen MR) is 67.9 cm³/mol. The molecule has 0 N–H and O–H groups in total. The maximum atomic E-state index is 11.4. The smallest absolute Gasteiger partial charge is 0.377 e. The molecule has 94 valence electrons. The van der Waals surface area contributed by atoms with E-state index in [1.165, 1.54) is 6.07 Å². The van der Waals surface area contributed by atoms with Gasteiger partial charge in [0.2, 0.25) is 5.76 Å². The lowest BCUT2D eigenvalue weighted by molar-refractivity contribution is 0.0480. The quantitative estimate of drug-likeness (QED) is 0.805. The summed E-state index contributed by atoms with van der Waals surface area (Å²) in [6.45, 7) is 1.98. The van der Waals surface area contributed by atoms with Gasteiger partial charge in [-0.3, -0.25) is 0 Å². The average Bonchev–Trinajstić information content (AvgIpc) is 2.82. The number of hydrogen-bond donors (Lipinski definition) is 0. The Labute approximate surface area is 113 Å². The second-order valence-corrected chi connectivity index (χ2v) is 4.18. The van der Waals surface area contributed by atoms with Crippen molar-refractivity contribution in [3.05, 3.63) is 40.1 Å². The SMILES string of the molecule is CCOC(=O)c1cc(-c2cccc(Cl)c2Cl)no1. The summed E-state index contributed by atoms with van der Waals surface area (Å²) in [5.41, 5.74) is 1.04. The highest BCUT2D eigenvalue weighted by Gasteiger charge is 2.17. The summed E-state index contributed by atoms with van der Waals surface area (Å²) in [7, 11) is 0. The van der Waals surface area contributed by atoms with Crippen LogP contribution in [0.25, 0.3) is 11.3 Å². The third kappa shape index (κ3) is 2.49. The number of aromatic nitrogens is 1. The van der Waals surface area contributed by atoms with E-state index in [-0.39, 0.29) is 12.4 Å². The van der Waals surface area contributed by atoms with E-state index in [0.717, 1.165) is 0 Å². The van der Waals surface area contributed by atoms with E-state index in [4.69, 9.17) is 32.5 Å². The van der Waals surface area contributed by atoms with Gasteiger partial charge in [-0.25, -0.2) is 4.79 Å². The molecule has 0 amide bonds. The van der Waals surface area contributed by atoms with Crippen molar-refractivity contribution in [1.82, 2.24) is 5.16 Å². The molecule has 0 atom stereocenters. The van der Waals surface area contributed by atoms with Gasteiger partial charge in [-0.1, -0.05) is 40.5 Å². The Bertz CT molecular complexity index is 580. The van der Waals surface area contributed by atoms with E-state index >= 15 is 0 Å². The number of carbonyl (C=O) groups is 1. The summed E-state index contributed by atoms with van der Waals surface area (Å²) in [6, 6.07) is 6.61. The van der Waals surface area contributed by atoms with Crippen LogP contribution >= 0.6 is 23.2 Å². The Balaban J connectivity index is 2.35. The Morgan fingerprint density at radius 3 is 2.94 bits per heavy atom. The van der Waals surface area contributed by atoms with Gasteiger partial charge in [-0.05, 0) is 13.0 Å². The summed E-state index contributed by atoms with van der Waals surface area (Å²) in [6.07, 6.45) is 0. The zero-order valence-corrected chi connectivity index (χ0v) is 11.0. The van der Waals surface area contributed by atoms with Crippen LogP contribution in [-0.4, -0.2) is 17.7 Å². The molecule has 6 heteroatoms. The third-order valence-corrected chi connectivity index (χ3v) is 3.03. The molecule has 0 spiro atoms. The van der Waals surface area contributed by atoms with Crippen molar-refractivity contribution >= 4 is 29.2 Å². The molecule has 0 fully saturated rings. The summed E-state index contributed by atoms with van der Waals surface area (Å²) in [5.74, 6) is -0.530. The lowest BCUT2D eigenvalue weighted by Gasteiger charge is -2.00. The average molecular weight is 286 g/mol. The summed E-state index contributed by atoms with van der Waals surface area (Å²) in [4.78, 5) is 11.4. The summed E-state index contributed by atoms with van der Waals surface area (Å²) < 4.78 is 9.70. The first-order valence-electron chi connectivity index (χ1n) is 5.21. The molecule has 0 saturated carbocycles. The highest BCUT2D eigenvalue weighted by molar-refractivity contribution is 6.43. The van der Waals surface area contributed by atoms with E-state index in [1.54, 1.807) is 25.1 Å². The van der Waals surface area contributed by atoms with Gasteiger partial charge in [-0.2, -0.15) is 0 Å². The molecular formula is C12H9Cl2NO3. The molecule has 4 nitrogen and oxygen atoms in total. The van der Waals surface area contributed by atoms with E-state index in [0.29, 0.717) is 21.3 Å². The highest BCUT2D eigenvalue weighted by atomic mass is 35.5. The molecule has 0 aliphatic rings. The minimum Gasteiger partial charge on any atom is -0.460 e. The van der Waals surface area contributed by atoms with Crippen molar-refractivity contribution in [3.63, 3.8) is 0 Å². The Morgan fingerprint density at radius 1 is 1.44 bits per heavy atom. The van der Waals surface area contributed by atoms with E-state index < -0.39 is 5.97 Å². The van der Waals surface area contributed by atoms with Crippen LogP contribution in [-0.2, 0) is 4.74 Å². The Morgan fingerprint density at radius 2 is 2.22 bits per heavy atom. The number of benzene rings is 1. The number of halogens is 2. The standard InChI is InChI=1S/C12H9Cl2NO3/c1-2-17-12(16)10-6-9(15-18-10)7-4-3-5-8(13)11(7)14/h3-6H,2H2,1H3. The lowest BCUT2D eigenvalue weighted by atomic mass is 10.1. The minimum atomic E-state index is -0.561. The fourth-order valence-electron chi connectivity index (χ4n) is 1.40. The largest absolute Gasteiger partial charge is 0.460 e. The van der Waals surface area contributed by atoms with Gasteiger partial charge >= 0.3 is 5.97 Å². The van der Waals surface area contributed by atoms with Crippen LogP contribution in [0, 0.1) is 0 Å². The van der Waals surface area contributed by atoms with Crippen LogP contribution in [0.4, 0.5) is 0 Å². The number of nitrogens with zero attached hydrogens (tertiary/aromatic N) is 1. The zero-order valence-electron chi connectivity index (χ0n) is 9.44. The normalized spacial score (nSPS) is 10.4. The molecule has 0 aliphatic heterocycles. The fraction of sp³-hybridized carbons (Fsp3) is 0.167. The number of hydrogen-bond acceptors (Lipinski definition) is 4. The van der Waals surface area contributed by atoms with Crippen LogP contribution in [0.2, 0.25) is 10.0 Å². The first-order chi connectivity index (χ1) is 8.63. The Kier molecular flexibility index (Phi) is 3.89. The molecule has 0 radical (unpaired) electrons.